The second-order valence-corrected chi connectivity index (χ2v) is 8.62. The Morgan fingerprint density at radius 2 is 2.19 bits per heavy atom. The van der Waals surface area contributed by atoms with Crippen LogP contribution in [-0.4, -0.2) is 54.1 Å². The van der Waals surface area contributed by atoms with E-state index in [0.29, 0.717) is 16.4 Å². The van der Waals surface area contributed by atoms with E-state index in [0.717, 1.165) is 32.7 Å². The summed E-state index contributed by atoms with van der Waals surface area (Å²) in [7, 11) is 1.66. The molecule has 2 aliphatic heterocycles. The van der Waals surface area contributed by atoms with Gasteiger partial charge in [0.15, 0.2) is 5.13 Å². The number of nitrogens with one attached hydrogen (secondary N) is 1. The third kappa shape index (κ3) is 4.06. The van der Waals surface area contributed by atoms with Gasteiger partial charge in [-0.25, -0.2) is 9.97 Å². The zero-order valence-electron chi connectivity index (χ0n) is 15.8. The van der Waals surface area contributed by atoms with Crippen LogP contribution in [0.4, 0.5) is 10.8 Å². The highest BCUT2D eigenvalue weighted by molar-refractivity contribution is 7.15. The maximum absolute atomic E-state index is 11.2. The van der Waals surface area contributed by atoms with E-state index in [4.69, 9.17) is 4.74 Å². The Balaban J connectivity index is 1.36. The fraction of sp³-hybridized carbons (Fsp3) is 0.526. The molecule has 27 heavy (non-hydrogen) atoms. The van der Waals surface area contributed by atoms with Crippen LogP contribution in [0.3, 0.4) is 0 Å². The number of amides is 1. The number of aromatic nitrogens is 2. The molecule has 0 saturated carbocycles. The van der Waals surface area contributed by atoms with Crippen LogP contribution in [0.25, 0.3) is 0 Å². The highest BCUT2D eigenvalue weighted by Gasteiger charge is 2.43. The average Bonchev–Trinajstić information content (AvgIpc) is 3.37. The van der Waals surface area contributed by atoms with E-state index < -0.39 is 0 Å². The number of hydrogen-bond acceptors (Lipinski definition) is 7. The Kier molecular flexibility index (Phi) is 5.01. The lowest BCUT2D eigenvalue weighted by molar-refractivity contribution is -0.114. The molecule has 2 fully saturated rings. The molecular weight excluding hydrogens is 362 g/mol. The van der Waals surface area contributed by atoms with Gasteiger partial charge in [-0.05, 0) is 25.5 Å². The quantitative estimate of drug-likeness (QED) is 0.850. The third-order valence-corrected chi connectivity index (χ3v) is 6.36. The third-order valence-electron chi connectivity index (χ3n) is 5.46. The molecule has 1 atom stereocenters. The maximum atomic E-state index is 11.2. The summed E-state index contributed by atoms with van der Waals surface area (Å²) < 4.78 is 5.26. The van der Waals surface area contributed by atoms with Gasteiger partial charge in [0.1, 0.15) is 0 Å². The summed E-state index contributed by atoms with van der Waals surface area (Å²) in [6.45, 7) is 6.79. The number of anilines is 2. The van der Waals surface area contributed by atoms with Crippen molar-refractivity contribution >= 4 is 28.1 Å². The van der Waals surface area contributed by atoms with Gasteiger partial charge in [0.05, 0.1) is 7.11 Å². The van der Waals surface area contributed by atoms with Gasteiger partial charge in [0.2, 0.25) is 11.8 Å². The van der Waals surface area contributed by atoms with E-state index in [2.05, 4.69) is 31.2 Å². The summed E-state index contributed by atoms with van der Waals surface area (Å²) in [6.07, 6.45) is 6.14. The number of pyridine rings is 1. The number of thiazole rings is 1. The first-order chi connectivity index (χ1) is 13.0. The molecule has 1 N–H and O–H groups in total. The van der Waals surface area contributed by atoms with Crippen molar-refractivity contribution in [1.29, 1.82) is 0 Å². The largest absolute Gasteiger partial charge is 0.481 e. The number of nitrogens with zero attached hydrogens (tertiary/aromatic N) is 4. The Morgan fingerprint density at radius 1 is 1.33 bits per heavy atom. The van der Waals surface area contributed by atoms with E-state index in [-0.39, 0.29) is 5.91 Å². The van der Waals surface area contributed by atoms with Crippen LogP contribution >= 0.6 is 11.3 Å². The van der Waals surface area contributed by atoms with Gasteiger partial charge in [0.25, 0.3) is 0 Å². The van der Waals surface area contributed by atoms with Gasteiger partial charge < -0.3 is 15.0 Å². The number of ether oxygens (including phenoxy) is 1. The Hall–Kier alpha value is -2.19. The number of hydrogen-bond donors (Lipinski definition) is 1. The molecule has 0 bridgehead atoms. The summed E-state index contributed by atoms with van der Waals surface area (Å²) in [6, 6.07) is 4.09. The van der Waals surface area contributed by atoms with Gasteiger partial charge in [-0.2, -0.15) is 0 Å². The normalized spacial score (nSPS) is 22.5. The van der Waals surface area contributed by atoms with Gasteiger partial charge in [-0.3, -0.25) is 9.69 Å². The van der Waals surface area contributed by atoms with Crippen molar-refractivity contribution in [3.05, 3.63) is 29.4 Å². The molecule has 2 saturated heterocycles. The van der Waals surface area contributed by atoms with Crippen LogP contribution in [0.1, 0.15) is 24.6 Å². The lowest BCUT2D eigenvalue weighted by atomic mass is 9.86. The van der Waals surface area contributed by atoms with Crippen molar-refractivity contribution in [3.63, 3.8) is 0 Å². The standard InChI is InChI=1S/C19H25N5O2S/c1-14(25)22-18-21-10-16(27-18)11-23-7-4-19(12-23)5-8-24(13-19)15-3-6-20-17(9-15)26-2/h3,6,9-10H,4-5,7-8,11-13H2,1-2H3,(H,21,22,25). The van der Waals surface area contributed by atoms with Crippen LogP contribution in [0.15, 0.2) is 24.5 Å². The SMILES string of the molecule is COc1cc(N2CCC3(CCN(Cc4cnc(NC(C)=O)s4)C3)C2)ccn1. The van der Waals surface area contributed by atoms with Crippen molar-refractivity contribution in [2.75, 3.05) is 43.5 Å². The molecule has 144 valence electrons. The van der Waals surface area contributed by atoms with Crippen LogP contribution in [0.2, 0.25) is 0 Å². The predicted molar refractivity (Wildman–Crippen MR) is 106 cm³/mol. The molecular formula is C19H25N5O2S. The van der Waals surface area contributed by atoms with Crippen molar-refractivity contribution < 1.29 is 9.53 Å². The van der Waals surface area contributed by atoms with Crippen molar-refractivity contribution in [2.24, 2.45) is 5.41 Å². The van der Waals surface area contributed by atoms with Crippen LogP contribution in [0.5, 0.6) is 5.88 Å². The van der Waals surface area contributed by atoms with E-state index >= 15 is 0 Å². The van der Waals surface area contributed by atoms with Crippen molar-refractivity contribution in [2.45, 2.75) is 26.3 Å². The first-order valence-electron chi connectivity index (χ1n) is 9.25. The molecule has 8 heteroatoms. The topological polar surface area (TPSA) is 70.6 Å². The molecule has 1 spiro atoms. The number of methoxy groups -OCH3 is 1. The average molecular weight is 388 g/mol. The maximum Gasteiger partial charge on any atom is 0.223 e. The zero-order valence-corrected chi connectivity index (χ0v) is 16.6. The minimum absolute atomic E-state index is 0.0742. The molecule has 0 radical (unpaired) electrons. The first-order valence-corrected chi connectivity index (χ1v) is 10.1. The van der Waals surface area contributed by atoms with Gasteiger partial charge in [0, 0.05) is 67.5 Å². The van der Waals surface area contributed by atoms with Crippen molar-refractivity contribution in [3.8, 4) is 5.88 Å². The van der Waals surface area contributed by atoms with Crippen LogP contribution in [0, 0.1) is 5.41 Å². The minimum Gasteiger partial charge on any atom is -0.481 e. The van der Waals surface area contributed by atoms with Gasteiger partial charge >= 0.3 is 0 Å². The monoisotopic (exact) mass is 387 g/mol. The Bertz CT molecular complexity index is 826. The highest BCUT2D eigenvalue weighted by atomic mass is 32.1. The summed E-state index contributed by atoms with van der Waals surface area (Å²) in [5, 5.41) is 3.45. The summed E-state index contributed by atoms with van der Waals surface area (Å²) >= 11 is 1.56. The zero-order chi connectivity index (χ0) is 18.9. The van der Waals surface area contributed by atoms with E-state index in [1.165, 1.54) is 30.3 Å². The summed E-state index contributed by atoms with van der Waals surface area (Å²) in [4.78, 5) is 25.8. The molecule has 7 nitrogen and oxygen atoms in total. The smallest absolute Gasteiger partial charge is 0.223 e. The number of carbonyl (C=O) groups is 1. The molecule has 2 aromatic rings. The molecule has 2 aromatic heterocycles. The second-order valence-electron chi connectivity index (χ2n) is 7.50. The van der Waals surface area contributed by atoms with Crippen LogP contribution in [-0.2, 0) is 11.3 Å². The van der Waals surface area contributed by atoms with Gasteiger partial charge in [-0.1, -0.05) is 0 Å². The molecule has 4 heterocycles. The van der Waals surface area contributed by atoms with Gasteiger partial charge in [-0.15, -0.1) is 11.3 Å². The summed E-state index contributed by atoms with van der Waals surface area (Å²) in [5.41, 5.74) is 1.56. The van der Waals surface area contributed by atoms with Crippen LogP contribution < -0.4 is 15.0 Å². The highest BCUT2D eigenvalue weighted by Crippen LogP contribution is 2.42. The predicted octanol–water partition coefficient (Wildman–Crippen LogP) is 2.61. The Labute approximate surface area is 163 Å². The lowest BCUT2D eigenvalue weighted by Gasteiger charge is -2.25. The van der Waals surface area contributed by atoms with E-state index in [1.807, 2.05) is 18.5 Å². The minimum atomic E-state index is -0.0742. The molecule has 0 aromatic carbocycles. The molecule has 1 amide bonds. The molecule has 0 aliphatic carbocycles. The molecule has 2 aliphatic rings. The van der Waals surface area contributed by atoms with E-state index in [9.17, 15) is 4.79 Å². The van der Waals surface area contributed by atoms with Crippen molar-refractivity contribution in [1.82, 2.24) is 14.9 Å². The number of rotatable bonds is 5. The fourth-order valence-electron chi connectivity index (χ4n) is 4.17. The second kappa shape index (κ2) is 7.44. The molecule has 1 unspecified atom stereocenters. The number of likely N-dealkylation sites (tertiary alicyclic amines) is 1. The Morgan fingerprint density at radius 3 is 3.00 bits per heavy atom. The number of carbonyl (C=O) groups excluding carboxylic acids is 1. The van der Waals surface area contributed by atoms with E-state index in [1.54, 1.807) is 18.4 Å². The lowest BCUT2D eigenvalue weighted by Crippen LogP contribution is -2.30. The fourth-order valence-corrected chi connectivity index (χ4v) is 5.07. The molecule has 4 rings (SSSR count). The summed E-state index contributed by atoms with van der Waals surface area (Å²) in [5.74, 6) is 0.594. The first kappa shape index (κ1) is 18.2.